The molecule has 4 heteroatoms. The summed E-state index contributed by atoms with van der Waals surface area (Å²) < 4.78 is 22.0. The molecule has 0 N–H and O–H groups in total. The summed E-state index contributed by atoms with van der Waals surface area (Å²) >= 11 is 0. The van der Waals surface area contributed by atoms with Crippen molar-refractivity contribution in [2.75, 3.05) is 14.2 Å². The Morgan fingerprint density at radius 3 is 1.00 bits per heavy atom. The third-order valence-electron chi connectivity index (χ3n) is 6.82. The van der Waals surface area contributed by atoms with E-state index in [1.165, 1.54) is 0 Å². The number of rotatable bonds is 2. The second kappa shape index (κ2) is 9.51. The van der Waals surface area contributed by atoms with Crippen LogP contribution in [0.3, 0.4) is 0 Å². The first kappa shape index (κ1) is 21.9. The molecule has 2 aliphatic heterocycles. The zero-order valence-corrected chi connectivity index (χ0v) is 17.4. The SMILES string of the molecule is CO[C@@H]1OC(C)[C@H](C)[C@@H](C)C1C.CO[C@H]1OC(C)[C@H](C)[C@@H](C)C1C. The quantitative estimate of drug-likeness (QED) is 0.735. The van der Waals surface area contributed by atoms with Gasteiger partial charge in [-0.2, -0.15) is 0 Å². The van der Waals surface area contributed by atoms with Gasteiger partial charge in [0.25, 0.3) is 0 Å². The largest absolute Gasteiger partial charge is 0.356 e. The summed E-state index contributed by atoms with van der Waals surface area (Å²) in [4.78, 5) is 0. The van der Waals surface area contributed by atoms with Crippen LogP contribution in [-0.4, -0.2) is 39.0 Å². The fourth-order valence-electron chi connectivity index (χ4n) is 3.77. The van der Waals surface area contributed by atoms with Gasteiger partial charge in [0, 0.05) is 26.1 Å². The van der Waals surface area contributed by atoms with Gasteiger partial charge in [-0.25, -0.2) is 0 Å². The molecule has 2 heterocycles. The van der Waals surface area contributed by atoms with Gasteiger partial charge in [0.1, 0.15) is 0 Å². The monoisotopic (exact) mass is 344 g/mol. The minimum Gasteiger partial charge on any atom is -0.356 e. The Labute approximate surface area is 149 Å². The Hall–Kier alpha value is -0.160. The van der Waals surface area contributed by atoms with E-state index >= 15 is 0 Å². The first-order valence-corrected chi connectivity index (χ1v) is 9.52. The van der Waals surface area contributed by atoms with Crippen LogP contribution >= 0.6 is 0 Å². The molecule has 0 aromatic heterocycles. The topological polar surface area (TPSA) is 36.9 Å². The van der Waals surface area contributed by atoms with Crippen LogP contribution in [0.25, 0.3) is 0 Å². The highest BCUT2D eigenvalue weighted by atomic mass is 16.7. The zero-order valence-electron chi connectivity index (χ0n) is 17.4. The molecular formula is C20H40O4. The van der Waals surface area contributed by atoms with E-state index in [0.717, 1.165) is 0 Å². The average molecular weight is 345 g/mol. The maximum atomic E-state index is 5.71. The van der Waals surface area contributed by atoms with E-state index in [2.05, 4.69) is 55.4 Å². The standard InChI is InChI=1S/2C10H20O2/c2*1-6-7(2)9(4)12-10(11-5)8(6)3/h2*6-10H,1-5H3/t6-,7-,8?,9?,10+;6-,7-,8?,9?,10-/m11/s1. The third-order valence-corrected chi connectivity index (χ3v) is 6.82. The van der Waals surface area contributed by atoms with E-state index in [-0.39, 0.29) is 12.6 Å². The highest BCUT2D eigenvalue weighted by Gasteiger charge is 2.37. The van der Waals surface area contributed by atoms with Crippen molar-refractivity contribution in [2.45, 2.75) is 80.2 Å². The minimum absolute atomic E-state index is 0.00815. The molecule has 0 amide bonds. The second-order valence-electron chi connectivity index (χ2n) is 8.05. The molecule has 2 saturated heterocycles. The third kappa shape index (κ3) is 4.94. The van der Waals surface area contributed by atoms with Gasteiger partial charge in [0.2, 0.25) is 0 Å². The summed E-state index contributed by atoms with van der Waals surface area (Å²) in [5, 5.41) is 0. The summed E-state index contributed by atoms with van der Waals surface area (Å²) in [5.74, 6) is 3.62. The van der Waals surface area contributed by atoms with Crippen LogP contribution in [-0.2, 0) is 18.9 Å². The summed E-state index contributed by atoms with van der Waals surface area (Å²) in [6.07, 6.45) is 0.625. The van der Waals surface area contributed by atoms with Crippen LogP contribution < -0.4 is 0 Å². The molecule has 0 aliphatic carbocycles. The zero-order chi connectivity index (χ0) is 18.6. The molecule has 0 aromatic rings. The molecule has 2 aliphatic rings. The molecule has 0 bridgehead atoms. The summed E-state index contributed by atoms with van der Waals surface area (Å²) in [5.41, 5.74) is 0. The van der Waals surface area contributed by atoms with Crippen LogP contribution in [0, 0.1) is 35.5 Å². The van der Waals surface area contributed by atoms with Gasteiger partial charge >= 0.3 is 0 Å². The second-order valence-corrected chi connectivity index (χ2v) is 8.05. The van der Waals surface area contributed by atoms with Crippen LogP contribution in [0.1, 0.15) is 55.4 Å². The van der Waals surface area contributed by atoms with Gasteiger partial charge in [-0.15, -0.1) is 0 Å². The van der Waals surface area contributed by atoms with Crippen molar-refractivity contribution < 1.29 is 18.9 Å². The van der Waals surface area contributed by atoms with Crippen molar-refractivity contribution in [1.82, 2.24) is 0 Å². The van der Waals surface area contributed by atoms with Crippen LogP contribution in [0.15, 0.2) is 0 Å². The molecule has 10 atom stereocenters. The molecule has 0 radical (unpaired) electrons. The molecule has 0 spiro atoms. The van der Waals surface area contributed by atoms with Crippen molar-refractivity contribution in [3.63, 3.8) is 0 Å². The van der Waals surface area contributed by atoms with E-state index in [1.807, 2.05) is 0 Å². The Morgan fingerprint density at radius 2 is 0.750 bits per heavy atom. The lowest BCUT2D eigenvalue weighted by Crippen LogP contribution is -2.44. The number of hydrogen-bond donors (Lipinski definition) is 0. The molecule has 0 saturated carbocycles. The first-order valence-electron chi connectivity index (χ1n) is 9.52. The molecule has 4 nitrogen and oxygen atoms in total. The molecule has 144 valence electrons. The normalized spacial score (nSPS) is 49.2. The Morgan fingerprint density at radius 1 is 0.458 bits per heavy atom. The van der Waals surface area contributed by atoms with E-state index in [1.54, 1.807) is 14.2 Å². The lowest BCUT2D eigenvalue weighted by molar-refractivity contribution is -0.232. The molecular weight excluding hydrogens is 304 g/mol. The van der Waals surface area contributed by atoms with Gasteiger partial charge in [-0.05, 0) is 37.5 Å². The smallest absolute Gasteiger partial charge is 0.160 e. The van der Waals surface area contributed by atoms with Crippen LogP contribution in [0.4, 0.5) is 0 Å². The predicted molar refractivity (Wildman–Crippen MR) is 97.7 cm³/mol. The van der Waals surface area contributed by atoms with E-state index in [0.29, 0.717) is 47.7 Å². The first-order chi connectivity index (χ1) is 11.1. The van der Waals surface area contributed by atoms with Crippen molar-refractivity contribution in [1.29, 1.82) is 0 Å². The van der Waals surface area contributed by atoms with Crippen molar-refractivity contribution in [3.05, 3.63) is 0 Å². The summed E-state index contributed by atoms with van der Waals surface area (Å²) in [6, 6.07) is 0. The lowest BCUT2D eigenvalue weighted by atomic mass is 9.79. The maximum Gasteiger partial charge on any atom is 0.160 e. The molecule has 4 unspecified atom stereocenters. The number of methoxy groups -OCH3 is 2. The fourth-order valence-corrected chi connectivity index (χ4v) is 3.77. The lowest BCUT2D eigenvalue weighted by Gasteiger charge is -2.41. The predicted octanol–water partition coefficient (Wildman–Crippen LogP) is 4.57. The van der Waals surface area contributed by atoms with E-state index in [9.17, 15) is 0 Å². The Kier molecular flexibility index (Phi) is 8.67. The highest BCUT2D eigenvalue weighted by molar-refractivity contribution is 4.81. The van der Waals surface area contributed by atoms with Gasteiger partial charge in [-0.3, -0.25) is 0 Å². The van der Waals surface area contributed by atoms with E-state index < -0.39 is 0 Å². The van der Waals surface area contributed by atoms with E-state index in [4.69, 9.17) is 18.9 Å². The maximum absolute atomic E-state index is 5.71. The van der Waals surface area contributed by atoms with Gasteiger partial charge in [-0.1, -0.05) is 41.5 Å². The van der Waals surface area contributed by atoms with Crippen molar-refractivity contribution >= 4 is 0 Å². The fraction of sp³-hybridized carbons (Fsp3) is 1.00. The Bertz CT molecular complexity index is 318. The average Bonchev–Trinajstić information content (AvgIpc) is 2.58. The van der Waals surface area contributed by atoms with Crippen LogP contribution in [0.2, 0.25) is 0 Å². The highest BCUT2D eigenvalue weighted by Crippen LogP contribution is 2.35. The summed E-state index contributed by atoms with van der Waals surface area (Å²) in [6.45, 7) is 17.7. The van der Waals surface area contributed by atoms with Crippen molar-refractivity contribution in [2.24, 2.45) is 35.5 Å². The van der Waals surface area contributed by atoms with Gasteiger partial charge in [0.05, 0.1) is 12.2 Å². The number of ether oxygens (including phenoxy) is 4. The minimum atomic E-state index is -0.00815. The van der Waals surface area contributed by atoms with Crippen LogP contribution in [0.5, 0.6) is 0 Å². The summed E-state index contributed by atoms with van der Waals surface area (Å²) in [7, 11) is 3.44. The molecule has 24 heavy (non-hydrogen) atoms. The Balaban J connectivity index is 0.000000240. The molecule has 2 fully saturated rings. The molecule has 2 rings (SSSR count). The number of hydrogen-bond acceptors (Lipinski definition) is 4. The van der Waals surface area contributed by atoms with Gasteiger partial charge in [0.15, 0.2) is 12.6 Å². The van der Waals surface area contributed by atoms with Gasteiger partial charge < -0.3 is 18.9 Å². The van der Waals surface area contributed by atoms with Crippen molar-refractivity contribution in [3.8, 4) is 0 Å². The molecule has 0 aromatic carbocycles.